The summed E-state index contributed by atoms with van der Waals surface area (Å²) < 4.78 is 12.4. The highest BCUT2D eigenvalue weighted by Gasteiger charge is 2.12. The molecule has 0 fully saturated rings. The predicted octanol–water partition coefficient (Wildman–Crippen LogP) is 6.46. The van der Waals surface area contributed by atoms with Gasteiger partial charge in [-0.2, -0.15) is 0 Å². The van der Waals surface area contributed by atoms with Crippen LogP contribution in [0.25, 0.3) is 0 Å². The predicted molar refractivity (Wildman–Crippen MR) is 120 cm³/mol. The lowest BCUT2D eigenvalue weighted by Gasteiger charge is -2.13. The number of carbonyl (C=O) groups is 1. The third kappa shape index (κ3) is 6.09. The van der Waals surface area contributed by atoms with Gasteiger partial charge >= 0.3 is 0 Å². The zero-order chi connectivity index (χ0) is 20.5. The fraction of sp³-hybridized carbons (Fsp3) is 0.208. The second-order valence-electron chi connectivity index (χ2n) is 6.57. The van der Waals surface area contributed by atoms with Gasteiger partial charge in [0.1, 0.15) is 18.1 Å². The van der Waals surface area contributed by atoms with Crippen molar-refractivity contribution in [2.24, 2.45) is 0 Å². The molecule has 150 valence electrons. The molecule has 1 amide bonds. The number of unbranched alkanes of at least 4 members (excludes halogenated alkanes) is 1. The van der Waals surface area contributed by atoms with E-state index in [0.717, 1.165) is 28.6 Å². The van der Waals surface area contributed by atoms with Crippen molar-refractivity contribution in [3.63, 3.8) is 0 Å². The van der Waals surface area contributed by atoms with Crippen molar-refractivity contribution in [1.29, 1.82) is 0 Å². The summed E-state index contributed by atoms with van der Waals surface area (Å²) >= 11 is 3.49. The molecule has 3 aromatic carbocycles. The maximum atomic E-state index is 12.7. The SMILES string of the molecule is CCCCOc1ccc(C(=O)Nc2ccccc2OCc2ccccc2)cc1Br. The summed E-state index contributed by atoms with van der Waals surface area (Å²) in [5.41, 5.74) is 2.24. The Hall–Kier alpha value is -2.79. The molecule has 0 radical (unpaired) electrons. The Morgan fingerprint density at radius 1 is 0.931 bits per heavy atom. The van der Waals surface area contributed by atoms with Crippen LogP contribution in [0.1, 0.15) is 35.7 Å². The zero-order valence-corrected chi connectivity index (χ0v) is 17.9. The van der Waals surface area contributed by atoms with E-state index < -0.39 is 0 Å². The molecule has 1 N–H and O–H groups in total. The quantitative estimate of drug-likeness (QED) is 0.378. The fourth-order valence-corrected chi connectivity index (χ4v) is 3.20. The number of ether oxygens (including phenoxy) is 2. The third-order valence-corrected chi connectivity index (χ3v) is 4.94. The molecule has 3 rings (SSSR count). The summed E-state index contributed by atoms with van der Waals surface area (Å²) in [5.74, 6) is 1.16. The maximum Gasteiger partial charge on any atom is 0.255 e. The zero-order valence-electron chi connectivity index (χ0n) is 16.4. The third-order valence-electron chi connectivity index (χ3n) is 4.32. The van der Waals surface area contributed by atoms with Crippen LogP contribution in [0.3, 0.4) is 0 Å². The van der Waals surface area contributed by atoms with Crippen molar-refractivity contribution < 1.29 is 14.3 Å². The van der Waals surface area contributed by atoms with Crippen LogP contribution in [0.5, 0.6) is 11.5 Å². The standard InChI is InChI=1S/C24H24BrNO3/c1-2-3-15-28-22-14-13-19(16-20(22)25)24(27)26-21-11-7-8-12-23(21)29-17-18-9-5-4-6-10-18/h4-14,16H,2-3,15,17H2,1H3,(H,26,27). The lowest BCUT2D eigenvalue weighted by molar-refractivity contribution is 0.102. The van der Waals surface area contributed by atoms with Crippen LogP contribution in [-0.4, -0.2) is 12.5 Å². The molecule has 4 nitrogen and oxygen atoms in total. The second kappa shape index (κ2) is 10.7. The first-order valence-electron chi connectivity index (χ1n) is 9.67. The van der Waals surface area contributed by atoms with Crippen LogP contribution >= 0.6 is 15.9 Å². The molecular formula is C24H24BrNO3. The van der Waals surface area contributed by atoms with E-state index >= 15 is 0 Å². The Balaban J connectivity index is 1.67. The summed E-state index contributed by atoms with van der Waals surface area (Å²) in [4.78, 5) is 12.7. The van der Waals surface area contributed by atoms with Gasteiger partial charge in [-0.05, 0) is 58.2 Å². The minimum absolute atomic E-state index is 0.207. The van der Waals surface area contributed by atoms with E-state index in [1.165, 1.54) is 0 Å². The molecule has 0 saturated heterocycles. The Bertz CT molecular complexity index is 944. The Labute approximate surface area is 180 Å². The number of carbonyl (C=O) groups excluding carboxylic acids is 1. The lowest BCUT2D eigenvalue weighted by atomic mass is 10.2. The maximum absolute atomic E-state index is 12.7. The van der Waals surface area contributed by atoms with Crippen molar-refractivity contribution in [2.75, 3.05) is 11.9 Å². The molecule has 0 aliphatic carbocycles. The normalized spacial score (nSPS) is 10.4. The smallest absolute Gasteiger partial charge is 0.255 e. The van der Waals surface area contributed by atoms with E-state index in [0.29, 0.717) is 30.2 Å². The van der Waals surface area contributed by atoms with Crippen LogP contribution in [-0.2, 0) is 6.61 Å². The molecule has 0 unspecified atom stereocenters. The molecule has 0 aliphatic heterocycles. The highest BCUT2D eigenvalue weighted by molar-refractivity contribution is 9.10. The Morgan fingerprint density at radius 2 is 1.69 bits per heavy atom. The van der Waals surface area contributed by atoms with Gasteiger partial charge in [-0.1, -0.05) is 55.8 Å². The molecular weight excluding hydrogens is 430 g/mol. The van der Waals surface area contributed by atoms with E-state index in [9.17, 15) is 4.79 Å². The highest BCUT2D eigenvalue weighted by atomic mass is 79.9. The molecule has 5 heteroatoms. The lowest BCUT2D eigenvalue weighted by Crippen LogP contribution is -2.13. The largest absolute Gasteiger partial charge is 0.492 e. The van der Waals surface area contributed by atoms with Gasteiger partial charge in [0.15, 0.2) is 0 Å². The number of nitrogens with one attached hydrogen (secondary N) is 1. The van der Waals surface area contributed by atoms with Gasteiger partial charge < -0.3 is 14.8 Å². The van der Waals surface area contributed by atoms with E-state index in [1.807, 2.05) is 60.7 Å². The Morgan fingerprint density at radius 3 is 2.45 bits per heavy atom. The van der Waals surface area contributed by atoms with Crippen molar-refractivity contribution in [3.8, 4) is 11.5 Å². The first-order chi connectivity index (χ1) is 14.2. The minimum atomic E-state index is -0.207. The van der Waals surface area contributed by atoms with Crippen LogP contribution in [0.15, 0.2) is 77.3 Å². The van der Waals surface area contributed by atoms with Gasteiger partial charge in [0, 0.05) is 5.56 Å². The van der Waals surface area contributed by atoms with Gasteiger partial charge in [-0.25, -0.2) is 0 Å². The molecule has 3 aromatic rings. The second-order valence-corrected chi connectivity index (χ2v) is 7.43. The Kier molecular flexibility index (Phi) is 7.70. The molecule has 0 aromatic heterocycles. The van der Waals surface area contributed by atoms with Gasteiger partial charge in [0.25, 0.3) is 5.91 Å². The van der Waals surface area contributed by atoms with E-state index in [4.69, 9.17) is 9.47 Å². The molecule has 0 spiro atoms. The summed E-state index contributed by atoms with van der Waals surface area (Å²) in [6.07, 6.45) is 2.07. The average Bonchev–Trinajstić information content (AvgIpc) is 2.75. The summed E-state index contributed by atoms with van der Waals surface area (Å²) in [6, 6.07) is 22.7. The van der Waals surface area contributed by atoms with Crippen LogP contribution < -0.4 is 14.8 Å². The highest BCUT2D eigenvalue weighted by Crippen LogP contribution is 2.28. The fourth-order valence-electron chi connectivity index (χ4n) is 2.71. The number of para-hydroxylation sites is 2. The van der Waals surface area contributed by atoms with Crippen LogP contribution in [0.4, 0.5) is 5.69 Å². The monoisotopic (exact) mass is 453 g/mol. The number of hydrogen-bond donors (Lipinski definition) is 1. The van der Waals surface area contributed by atoms with Crippen molar-refractivity contribution >= 4 is 27.5 Å². The van der Waals surface area contributed by atoms with Crippen molar-refractivity contribution in [2.45, 2.75) is 26.4 Å². The molecule has 0 aliphatic rings. The average molecular weight is 454 g/mol. The molecule has 0 saturated carbocycles. The summed E-state index contributed by atoms with van der Waals surface area (Å²) in [6.45, 7) is 3.21. The summed E-state index contributed by atoms with van der Waals surface area (Å²) in [5, 5.41) is 2.94. The number of anilines is 1. The molecule has 0 heterocycles. The minimum Gasteiger partial charge on any atom is -0.492 e. The van der Waals surface area contributed by atoms with E-state index in [2.05, 4.69) is 28.2 Å². The van der Waals surface area contributed by atoms with Crippen LogP contribution in [0.2, 0.25) is 0 Å². The number of hydrogen-bond acceptors (Lipinski definition) is 3. The van der Waals surface area contributed by atoms with E-state index in [1.54, 1.807) is 12.1 Å². The molecule has 0 bridgehead atoms. The van der Waals surface area contributed by atoms with Gasteiger partial charge in [0.05, 0.1) is 16.8 Å². The molecule has 29 heavy (non-hydrogen) atoms. The van der Waals surface area contributed by atoms with Gasteiger partial charge in [-0.15, -0.1) is 0 Å². The first-order valence-corrected chi connectivity index (χ1v) is 10.5. The topological polar surface area (TPSA) is 47.6 Å². The van der Waals surface area contributed by atoms with E-state index in [-0.39, 0.29) is 5.91 Å². The summed E-state index contributed by atoms with van der Waals surface area (Å²) in [7, 11) is 0. The van der Waals surface area contributed by atoms with Gasteiger partial charge in [-0.3, -0.25) is 4.79 Å². The van der Waals surface area contributed by atoms with Crippen molar-refractivity contribution in [1.82, 2.24) is 0 Å². The molecule has 0 atom stereocenters. The van der Waals surface area contributed by atoms with Crippen LogP contribution in [0, 0.1) is 0 Å². The number of halogens is 1. The first kappa shape index (κ1) is 20.9. The van der Waals surface area contributed by atoms with Crippen molar-refractivity contribution in [3.05, 3.63) is 88.4 Å². The number of amides is 1. The number of rotatable bonds is 9. The number of benzene rings is 3. The van der Waals surface area contributed by atoms with Gasteiger partial charge in [0.2, 0.25) is 0 Å².